The monoisotopic (exact) mass is 550 g/mol. The highest BCUT2D eigenvalue weighted by atomic mass is 32.1. The van der Waals surface area contributed by atoms with Gasteiger partial charge in [0, 0.05) is 37.7 Å². The summed E-state index contributed by atoms with van der Waals surface area (Å²) in [5, 5.41) is 3.56. The lowest BCUT2D eigenvalue weighted by Gasteiger charge is -2.30. The van der Waals surface area contributed by atoms with Crippen LogP contribution in [0.1, 0.15) is 22.3 Å². The third-order valence-electron chi connectivity index (χ3n) is 9.33. The summed E-state index contributed by atoms with van der Waals surface area (Å²) >= 11 is 1.91. The Bertz CT molecular complexity index is 2390. The number of aromatic nitrogens is 2. The number of nitrogens with zero attached hydrogens (tertiary/aromatic N) is 2. The quantitative estimate of drug-likeness (QED) is 0.190. The van der Waals surface area contributed by atoms with Crippen LogP contribution in [0.3, 0.4) is 0 Å². The van der Waals surface area contributed by atoms with E-state index in [0.717, 1.165) is 27.5 Å². The van der Waals surface area contributed by atoms with Gasteiger partial charge in [0.2, 0.25) is 0 Å². The first-order valence-corrected chi connectivity index (χ1v) is 15.2. The highest BCUT2D eigenvalue weighted by Crippen LogP contribution is 2.67. The Morgan fingerprint density at radius 3 is 2.02 bits per heavy atom. The molecule has 2 aliphatic rings. The molecule has 8 aromatic rings. The Kier molecular flexibility index (Phi) is 4.29. The summed E-state index contributed by atoms with van der Waals surface area (Å²) < 4.78 is 1.32. The molecule has 3 heteroatoms. The largest absolute Gasteiger partial charge is 0.254 e. The topological polar surface area (TPSA) is 25.8 Å². The molecule has 0 fully saturated rings. The van der Waals surface area contributed by atoms with E-state index in [1.807, 2.05) is 23.6 Å². The summed E-state index contributed by atoms with van der Waals surface area (Å²) in [4.78, 5) is 11.4. The van der Waals surface area contributed by atoms with Gasteiger partial charge in [0.25, 0.3) is 0 Å². The van der Waals surface area contributed by atoms with Crippen LogP contribution < -0.4 is 0 Å². The van der Waals surface area contributed by atoms with Gasteiger partial charge in [-0.25, -0.2) is 4.98 Å². The van der Waals surface area contributed by atoms with E-state index >= 15 is 0 Å². The molecule has 0 radical (unpaired) electrons. The van der Waals surface area contributed by atoms with Gasteiger partial charge < -0.3 is 0 Å². The first-order valence-electron chi connectivity index (χ1n) is 14.3. The van der Waals surface area contributed by atoms with E-state index < -0.39 is 0 Å². The fourth-order valence-corrected chi connectivity index (χ4v) is 9.05. The molecule has 5 aromatic carbocycles. The van der Waals surface area contributed by atoms with Crippen LogP contribution in [-0.2, 0) is 5.41 Å². The van der Waals surface area contributed by atoms with Gasteiger partial charge >= 0.3 is 0 Å². The molecular formula is C39H22N2S. The van der Waals surface area contributed by atoms with E-state index in [0.29, 0.717) is 0 Å². The van der Waals surface area contributed by atoms with Crippen LogP contribution in [0.2, 0.25) is 0 Å². The first kappa shape index (κ1) is 22.6. The number of benzene rings is 5. The summed E-state index contributed by atoms with van der Waals surface area (Å²) in [5.74, 6) is 0. The number of pyridine rings is 2. The van der Waals surface area contributed by atoms with Crippen molar-refractivity contribution in [2.24, 2.45) is 0 Å². The van der Waals surface area contributed by atoms with Gasteiger partial charge in [-0.2, -0.15) is 0 Å². The number of thiophene rings is 1. The Hall–Kier alpha value is -5.12. The molecule has 0 saturated carbocycles. The molecule has 2 aliphatic carbocycles. The summed E-state index contributed by atoms with van der Waals surface area (Å²) in [7, 11) is 0. The van der Waals surface area contributed by atoms with Crippen molar-refractivity contribution in [1.29, 1.82) is 0 Å². The van der Waals surface area contributed by atoms with Gasteiger partial charge in [-0.15, -0.1) is 11.3 Å². The van der Waals surface area contributed by atoms with E-state index in [1.54, 1.807) is 0 Å². The molecule has 0 saturated heterocycles. The normalized spacial score (nSPS) is 13.9. The van der Waals surface area contributed by atoms with E-state index in [1.165, 1.54) is 59.5 Å². The molecule has 0 atom stereocenters. The van der Waals surface area contributed by atoms with Crippen LogP contribution in [0.5, 0.6) is 0 Å². The fourth-order valence-electron chi connectivity index (χ4n) is 7.72. The van der Waals surface area contributed by atoms with Crippen molar-refractivity contribution in [1.82, 2.24) is 9.97 Å². The zero-order valence-corrected chi connectivity index (χ0v) is 23.3. The Morgan fingerprint density at radius 2 is 1.19 bits per heavy atom. The molecular weight excluding hydrogens is 529 g/mol. The van der Waals surface area contributed by atoms with Crippen LogP contribution in [0.25, 0.3) is 64.7 Å². The Labute approximate surface area is 246 Å². The fraction of sp³-hybridized carbons (Fsp3) is 0.0256. The van der Waals surface area contributed by atoms with Crippen molar-refractivity contribution >= 4 is 43.2 Å². The predicted molar refractivity (Wildman–Crippen MR) is 174 cm³/mol. The summed E-state index contributed by atoms with van der Waals surface area (Å²) in [6.45, 7) is 0. The average Bonchev–Trinajstić information content (AvgIpc) is 3.68. The highest BCUT2D eigenvalue weighted by molar-refractivity contribution is 7.22. The molecule has 194 valence electrons. The third-order valence-corrected chi connectivity index (χ3v) is 10.5. The molecule has 0 bridgehead atoms. The van der Waals surface area contributed by atoms with Crippen LogP contribution in [-0.4, -0.2) is 9.97 Å². The van der Waals surface area contributed by atoms with E-state index in [4.69, 9.17) is 9.97 Å². The average molecular weight is 551 g/mol. The predicted octanol–water partition coefficient (Wildman–Crippen LogP) is 10.0. The van der Waals surface area contributed by atoms with Gasteiger partial charge in [0.1, 0.15) is 0 Å². The number of fused-ring (bicyclic) bond motifs is 15. The molecule has 0 unspecified atom stereocenters. The lowest BCUT2D eigenvalue weighted by molar-refractivity contribution is 0.803. The van der Waals surface area contributed by atoms with Crippen LogP contribution >= 0.6 is 11.3 Å². The number of hydrogen-bond acceptors (Lipinski definition) is 3. The summed E-state index contributed by atoms with van der Waals surface area (Å²) in [6.07, 6.45) is 1.86. The minimum absolute atomic E-state index is 0.376. The lowest BCUT2D eigenvalue weighted by atomic mass is 9.70. The zero-order chi connectivity index (χ0) is 27.4. The van der Waals surface area contributed by atoms with Gasteiger partial charge in [-0.3, -0.25) is 4.98 Å². The second-order valence-corrected chi connectivity index (χ2v) is 12.3. The molecule has 0 N–H and O–H groups in total. The Balaban J connectivity index is 1.36. The van der Waals surface area contributed by atoms with Crippen molar-refractivity contribution in [3.8, 4) is 32.8 Å². The van der Waals surface area contributed by atoms with Crippen molar-refractivity contribution in [2.75, 3.05) is 0 Å². The first-order chi connectivity index (χ1) is 20.8. The van der Waals surface area contributed by atoms with Crippen molar-refractivity contribution < 1.29 is 0 Å². The maximum absolute atomic E-state index is 5.32. The van der Waals surface area contributed by atoms with Crippen LogP contribution in [0.15, 0.2) is 134 Å². The molecule has 1 spiro atoms. The lowest BCUT2D eigenvalue weighted by Crippen LogP contribution is -2.25. The molecule has 42 heavy (non-hydrogen) atoms. The minimum Gasteiger partial charge on any atom is -0.254 e. The number of hydrogen-bond donors (Lipinski definition) is 0. The molecule has 10 rings (SSSR count). The second kappa shape index (κ2) is 8.00. The van der Waals surface area contributed by atoms with Gasteiger partial charge in [-0.1, -0.05) is 109 Å². The third kappa shape index (κ3) is 2.65. The second-order valence-electron chi connectivity index (χ2n) is 11.3. The molecule has 2 nitrogen and oxygen atoms in total. The summed E-state index contributed by atoms with van der Waals surface area (Å²) in [5.41, 5.74) is 13.1. The Morgan fingerprint density at radius 1 is 0.524 bits per heavy atom. The SMILES string of the molecule is c1ccc2c(c1)-c1ccccc1C21c2cccc(-c3ccc4ccc5cccnc5c4n3)c2-c2sc3ccccc3c21. The molecule has 0 amide bonds. The van der Waals surface area contributed by atoms with E-state index in [2.05, 4.69) is 121 Å². The van der Waals surface area contributed by atoms with Crippen molar-refractivity contribution in [3.05, 3.63) is 156 Å². The maximum Gasteiger partial charge on any atom is 0.0972 e. The number of rotatable bonds is 1. The zero-order valence-electron chi connectivity index (χ0n) is 22.5. The van der Waals surface area contributed by atoms with Crippen molar-refractivity contribution in [3.63, 3.8) is 0 Å². The van der Waals surface area contributed by atoms with Crippen LogP contribution in [0, 0.1) is 0 Å². The van der Waals surface area contributed by atoms with Gasteiger partial charge in [0.05, 0.1) is 22.1 Å². The standard InChI is InChI=1S/C39H22N2S/c1-4-14-29-25(10-1)26-11-2-5-15-30(26)39(29)31-16-7-13-27(34(31)38-35(39)28-12-3-6-17-33(28)42-38)32-21-20-24-19-18-23-9-8-22-40-36(23)37(24)41-32/h1-22H. The molecule has 0 aliphatic heterocycles. The molecule has 3 heterocycles. The van der Waals surface area contributed by atoms with E-state index in [-0.39, 0.29) is 5.41 Å². The van der Waals surface area contributed by atoms with Gasteiger partial charge in [-0.05, 0) is 57.0 Å². The van der Waals surface area contributed by atoms with Crippen LogP contribution in [0.4, 0.5) is 0 Å². The highest BCUT2D eigenvalue weighted by Gasteiger charge is 2.53. The van der Waals surface area contributed by atoms with E-state index in [9.17, 15) is 0 Å². The van der Waals surface area contributed by atoms with Gasteiger partial charge in [0.15, 0.2) is 0 Å². The maximum atomic E-state index is 5.32. The summed E-state index contributed by atoms with van der Waals surface area (Å²) in [6, 6.07) is 46.6. The minimum atomic E-state index is -0.376. The smallest absolute Gasteiger partial charge is 0.0972 e. The van der Waals surface area contributed by atoms with Crippen molar-refractivity contribution in [2.45, 2.75) is 5.41 Å². The molecule has 3 aromatic heterocycles.